The highest BCUT2D eigenvalue weighted by molar-refractivity contribution is 5.73. The molecule has 1 saturated carbocycles. The molecule has 1 N–H and O–H groups in total. The predicted molar refractivity (Wildman–Crippen MR) is 43.5 cm³/mol. The van der Waals surface area contributed by atoms with Gasteiger partial charge < -0.3 is 5.32 Å². The van der Waals surface area contributed by atoms with Crippen LogP contribution in [0.2, 0.25) is 0 Å². The maximum atomic E-state index is 10.8. The van der Waals surface area contributed by atoms with Crippen molar-refractivity contribution in [2.75, 3.05) is 7.05 Å². The van der Waals surface area contributed by atoms with E-state index in [-0.39, 0.29) is 6.03 Å². The second-order valence-corrected chi connectivity index (χ2v) is 2.98. The predicted octanol–water partition coefficient (Wildman–Crippen LogP) is 1.26. The molecule has 0 saturated heterocycles. The lowest BCUT2D eigenvalue weighted by atomic mass is 9.96. The van der Waals surface area contributed by atoms with Gasteiger partial charge in [0, 0.05) is 7.05 Å². The highest BCUT2D eigenvalue weighted by Crippen LogP contribution is 2.17. The van der Waals surface area contributed by atoms with Crippen molar-refractivity contribution in [3.8, 4) is 0 Å². The Morgan fingerprint density at radius 2 is 2.00 bits per heavy atom. The Balaban J connectivity index is 2.19. The van der Waals surface area contributed by atoms with Crippen molar-refractivity contribution in [2.45, 2.75) is 38.1 Å². The SMILES string of the molecule is CNC(=O)[N]C1CCCCC1. The average molecular weight is 155 g/mol. The zero-order valence-corrected chi connectivity index (χ0v) is 6.97. The molecule has 1 fully saturated rings. The van der Waals surface area contributed by atoms with E-state index in [1.54, 1.807) is 7.05 Å². The van der Waals surface area contributed by atoms with E-state index < -0.39 is 0 Å². The van der Waals surface area contributed by atoms with E-state index in [4.69, 9.17) is 0 Å². The molecule has 1 rings (SSSR count). The topological polar surface area (TPSA) is 43.2 Å². The van der Waals surface area contributed by atoms with Crippen LogP contribution < -0.4 is 10.6 Å². The quantitative estimate of drug-likeness (QED) is 0.608. The van der Waals surface area contributed by atoms with Crippen molar-refractivity contribution < 1.29 is 4.79 Å². The fourth-order valence-electron chi connectivity index (χ4n) is 1.44. The summed E-state index contributed by atoms with van der Waals surface area (Å²) in [5, 5.41) is 6.51. The Hall–Kier alpha value is -0.730. The lowest BCUT2D eigenvalue weighted by Crippen LogP contribution is -2.35. The van der Waals surface area contributed by atoms with Gasteiger partial charge in [0.05, 0.1) is 6.04 Å². The first kappa shape index (κ1) is 8.37. The molecule has 1 radical (unpaired) electrons. The van der Waals surface area contributed by atoms with Crippen LogP contribution in [0, 0.1) is 0 Å². The fourth-order valence-corrected chi connectivity index (χ4v) is 1.44. The molecule has 0 heterocycles. The monoisotopic (exact) mass is 155 g/mol. The summed E-state index contributed by atoms with van der Waals surface area (Å²) in [4.78, 5) is 10.8. The van der Waals surface area contributed by atoms with Gasteiger partial charge in [-0.25, -0.2) is 10.1 Å². The summed E-state index contributed by atoms with van der Waals surface area (Å²) in [6.45, 7) is 0. The molecule has 63 valence electrons. The van der Waals surface area contributed by atoms with Crippen molar-refractivity contribution in [2.24, 2.45) is 0 Å². The van der Waals surface area contributed by atoms with Gasteiger partial charge in [0.2, 0.25) is 0 Å². The zero-order valence-electron chi connectivity index (χ0n) is 6.97. The molecule has 0 aromatic heterocycles. The standard InChI is InChI=1S/C8H15N2O/c1-9-8(11)10-7-5-3-2-4-6-7/h7H,2-6H2,1H3,(H,9,11). The highest BCUT2D eigenvalue weighted by Gasteiger charge is 2.16. The van der Waals surface area contributed by atoms with E-state index in [0.29, 0.717) is 6.04 Å². The number of amides is 2. The summed E-state index contributed by atoms with van der Waals surface area (Å²) in [5.41, 5.74) is 0. The van der Waals surface area contributed by atoms with E-state index in [9.17, 15) is 4.79 Å². The first-order chi connectivity index (χ1) is 5.33. The lowest BCUT2D eigenvalue weighted by molar-refractivity contribution is 0.233. The van der Waals surface area contributed by atoms with Crippen molar-refractivity contribution in [3.63, 3.8) is 0 Å². The summed E-state index contributed by atoms with van der Waals surface area (Å²) in [7, 11) is 1.62. The molecular weight excluding hydrogens is 140 g/mol. The highest BCUT2D eigenvalue weighted by atomic mass is 16.2. The molecule has 3 heteroatoms. The number of urea groups is 1. The van der Waals surface area contributed by atoms with Gasteiger partial charge in [-0.2, -0.15) is 0 Å². The molecule has 0 aromatic rings. The molecule has 0 bridgehead atoms. The van der Waals surface area contributed by atoms with Crippen LogP contribution in [0.3, 0.4) is 0 Å². The number of hydrogen-bond acceptors (Lipinski definition) is 1. The number of nitrogens with zero attached hydrogens (tertiary/aromatic N) is 1. The molecule has 0 aromatic carbocycles. The van der Waals surface area contributed by atoms with Crippen LogP contribution in [0.5, 0.6) is 0 Å². The van der Waals surface area contributed by atoms with Gasteiger partial charge in [0.1, 0.15) is 0 Å². The molecule has 1 aliphatic rings. The third-order valence-corrected chi connectivity index (χ3v) is 2.09. The number of rotatable bonds is 1. The summed E-state index contributed by atoms with van der Waals surface area (Å²) in [6, 6.07) is 0.126. The van der Waals surface area contributed by atoms with Crippen LogP contribution in [0.4, 0.5) is 4.79 Å². The molecule has 2 amide bonds. The second kappa shape index (κ2) is 4.21. The number of hydrogen-bond donors (Lipinski definition) is 1. The van der Waals surface area contributed by atoms with E-state index >= 15 is 0 Å². The fraction of sp³-hybridized carbons (Fsp3) is 0.875. The van der Waals surface area contributed by atoms with Gasteiger partial charge in [0.15, 0.2) is 0 Å². The van der Waals surface area contributed by atoms with Gasteiger partial charge in [-0.15, -0.1) is 0 Å². The molecular formula is C8H15N2O. The largest absolute Gasteiger partial charge is 0.340 e. The molecule has 0 aliphatic heterocycles. The molecule has 0 spiro atoms. The van der Waals surface area contributed by atoms with Gasteiger partial charge in [0.25, 0.3) is 0 Å². The summed E-state index contributed by atoms with van der Waals surface area (Å²) in [5.74, 6) is 0. The van der Waals surface area contributed by atoms with Gasteiger partial charge in [-0.3, -0.25) is 0 Å². The normalized spacial score (nSPS) is 19.4. The van der Waals surface area contributed by atoms with Gasteiger partial charge >= 0.3 is 6.03 Å². The van der Waals surface area contributed by atoms with E-state index in [2.05, 4.69) is 10.6 Å². The summed E-state index contributed by atoms with van der Waals surface area (Å²) < 4.78 is 0. The zero-order chi connectivity index (χ0) is 8.10. The second-order valence-electron chi connectivity index (χ2n) is 2.98. The minimum atomic E-state index is -0.170. The average Bonchev–Trinajstić information content (AvgIpc) is 2.06. The van der Waals surface area contributed by atoms with Gasteiger partial charge in [-0.1, -0.05) is 19.3 Å². The third-order valence-electron chi connectivity index (χ3n) is 2.09. The minimum absolute atomic E-state index is 0.170. The molecule has 1 aliphatic carbocycles. The van der Waals surface area contributed by atoms with Crippen LogP contribution >= 0.6 is 0 Å². The minimum Gasteiger partial charge on any atom is -0.340 e. The number of nitrogens with one attached hydrogen (secondary N) is 1. The Labute approximate surface area is 67.5 Å². The third kappa shape index (κ3) is 2.78. The molecule has 3 nitrogen and oxygen atoms in total. The Bertz CT molecular complexity index is 130. The van der Waals surface area contributed by atoms with E-state index in [1.165, 1.54) is 19.3 Å². The Morgan fingerprint density at radius 3 is 2.55 bits per heavy atom. The Kier molecular flexibility index (Phi) is 3.20. The maximum absolute atomic E-state index is 10.8. The van der Waals surface area contributed by atoms with Crippen LogP contribution in [-0.2, 0) is 0 Å². The van der Waals surface area contributed by atoms with Crippen LogP contribution in [-0.4, -0.2) is 19.1 Å². The van der Waals surface area contributed by atoms with Crippen molar-refractivity contribution in [1.29, 1.82) is 0 Å². The van der Waals surface area contributed by atoms with Crippen molar-refractivity contribution >= 4 is 6.03 Å². The molecule has 11 heavy (non-hydrogen) atoms. The molecule has 0 atom stereocenters. The van der Waals surface area contributed by atoms with E-state index in [1.807, 2.05) is 0 Å². The first-order valence-electron chi connectivity index (χ1n) is 4.25. The van der Waals surface area contributed by atoms with Crippen molar-refractivity contribution in [3.05, 3.63) is 0 Å². The number of carbonyl (C=O) groups excluding carboxylic acids is 1. The van der Waals surface area contributed by atoms with E-state index in [0.717, 1.165) is 12.8 Å². The summed E-state index contributed by atoms with van der Waals surface area (Å²) >= 11 is 0. The van der Waals surface area contributed by atoms with Crippen molar-refractivity contribution in [1.82, 2.24) is 10.6 Å². The number of carbonyl (C=O) groups is 1. The summed E-state index contributed by atoms with van der Waals surface area (Å²) in [6.07, 6.45) is 5.94. The maximum Gasteiger partial charge on any atom is 0.336 e. The smallest absolute Gasteiger partial charge is 0.336 e. The van der Waals surface area contributed by atoms with Crippen LogP contribution in [0.15, 0.2) is 0 Å². The van der Waals surface area contributed by atoms with Gasteiger partial charge in [-0.05, 0) is 12.8 Å². The van der Waals surface area contributed by atoms with Crippen LogP contribution in [0.1, 0.15) is 32.1 Å². The Morgan fingerprint density at radius 1 is 1.36 bits per heavy atom. The molecule has 0 unspecified atom stereocenters. The lowest BCUT2D eigenvalue weighted by Gasteiger charge is -2.19. The van der Waals surface area contributed by atoms with Crippen LogP contribution in [0.25, 0.3) is 0 Å². The first-order valence-corrected chi connectivity index (χ1v) is 4.25.